The summed E-state index contributed by atoms with van der Waals surface area (Å²) in [6.07, 6.45) is 1.37. The summed E-state index contributed by atoms with van der Waals surface area (Å²) < 4.78 is 5.96. The van der Waals surface area contributed by atoms with Crippen LogP contribution in [0.15, 0.2) is 120 Å². The predicted molar refractivity (Wildman–Crippen MR) is 149 cm³/mol. The maximum atomic E-state index is 13.8. The van der Waals surface area contributed by atoms with Gasteiger partial charge in [-0.2, -0.15) is 0 Å². The lowest BCUT2D eigenvalue weighted by molar-refractivity contribution is -0.120. The van der Waals surface area contributed by atoms with Gasteiger partial charge in [0.05, 0.1) is 0 Å². The number of para-hydroxylation sites is 1. The van der Waals surface area contributed by atoms with Crippen LogP contribution in [0.2, 0.25) is 0 Å². The minimum Gasteiger partial charge on any atom is -0.457 e. The van der Waals surface area contributed by atoms with Crippen molar-refractivity contribution in [1.82, 2.24) is 0 Å². The molecule has 1 heterocycles. The Morgan fingerprint density at radius 2 is 1.29 bits per heavy atom. The van der Waals surface area contributed by atoms with Gasteiger partial charge in [-0.3, -0.25) is 14.5 Å². The molecule has 2 aliphatic rings. The first-order valence-corrected chi connectivity index (χ1v) is 13.1. The summed E-state index contributed by atoms with van der Waals surface area (Å²) >= 11 is 0. The Morgan fingerprint density at radius 3 is 1.97 bits per heavy atom. The molecule has 4 aromatic carbocycles. The third-order valence-electron chi connectivity index (χ3n) is 7.55. The molecule has 0 spiro atoms. The third kappa shape index (κ3) is 4.66. The van der Waals surface area contributed by atoms with Crippen LogP contribution in [0.4, 0.5) is 5.69 Å². The van der Waals surface area contributed by atoms with Crippen molar-refractivity contribution < 1.29 is 14.3 Å². The molecule has 1 aliphatic heterocycles. The summed E-state index contributed by atoms with van der Waals surface area (Å²) in [5, 5.41) is 0. The molecule has 0 radical (unpaired) electrons. The van der Waals surface area contributed by atoms with E-state index in [0.29, 0.717) is 18.6 Å². The van der Waals surface area contributed by atoms with Crippen molar-refractivity contribution in [3.05, 3.63) is 137 Å². The Kier molecular flexibility index (Phi) is 6.38. The van der Waals surface area contributed by atoms with Gasteiger partial charge in [-0.25, -0.2) is 0 Å². The number of amides is 1. The minimum atomic E-state index is -0.223. The summed E-state index contributed by atoms with van der Waals surface area (Å²) in [6, 6.07) is 35.5. The Labute approximate surface area is 223 Å². The topological polar surface area (TPSA) is 46.6 Å². The molecular formula is C34H29NO3. The highest BCUT2D eigenvalue weighted by Crippen LogP contribution is 2.47. The van der Waals surface area contributed by atoms with E-state index in [9.17, 15) is 9.59 Å². The first-order chi connectivity index (χ1) is 18.6. The standard InChI is InChI=1S/C34H29NO3/c1-23-12-14-25(15-13-23)30-22-33(37)35(27-16-18-29(19-17-27)38-28-10-6-3-7-11-28)31-20-26(21-32(36)34(30)31)24-8-4-2-5-9-24/h2-19,26,30H,20-22H2,1H3. The monoisotopic (exact) mass is 499 g/mol. The van der Waals surface area contributed by atoms with Crippen LogP contribution < -0.4 is 9.64 Å². The molecule has 0 saturated carbocycles. The molecule has 1 aliphatic carbocycles. The van der Waals surface area contributed by atoms with Gasteiger partial charge < -0.3 is 4.74 Å². The van der Waals surface area contributed by atoms with Crippen LogP contribution in [0.5, 0.6) is 11.5 Å². The Balaban J connectivity index is 1.40. The van der Waals surface area contributed by atoms with Crippen LogP contribution >= 0.6 is 0 Å². The van der Waals surface area contributed by atoms with Crippen LogP contribution in [0.3, 0.4) is 0 Å². The second-order valence-electron chi connectivity index (χ2n) is 10.1. The highest BCUT2D eigenvalue weighted by atomic mass is 16.5. The summed E-state index contributed by atoms with van der Waals surface area (Å²) in [5.74, 6) is 1.40. The van der Waals surface area contributed by atoms with Gasteiger partial charge in [0, 0.05) is 35.7 Å². The van der Waals surface area contributed by atoms with Crippen LogP contribution in [0.1, 0.15) is 47.8 Å². The lowest BCUT2D eigenvalue weighted by Gasteiger charge is -2.40. The molecule has 2 atom stereocenters. The number of rotatable bonds is 5. The number of ketones is 1. The summed E-state index contributed by atoms with van der Waals surface area (Å²) in [6.45, 7) is 2.05. The van der Waals surface area contributed by atoms with Gasteiger partial charge in [-0.15, -0.1) is 0 Å². The van der Waals surface area contributed by atoms with Crippen LogP contribution in [-0.4, -0.2) is 11.7 Å². The van der Waals surface area contributed by atoms with Crippen molar-refractivity contribution in [1.29, 1.82) is 0 Å². The Hall–Kier alpha value is -4.44. The number of ether oxygens (including phenoxy) is 1. The minimum absolute atomic E-state index is 0.00700. The van der Waals surface area contributed by atoms with E-state index < -0.39 is 0 Å². The number of hydrogen-bond acceptors (Lipinski definition) is 3. The molecular weight excluding hydrogens is 470 g/mol. The average Bonchev–Trinajstić information content (AvgIpc) is 2.94. The molecule has 0 saturated heterocycles. The smallest absolute Gasteiger partial charge is 0.232 e. The second kappa shape index (κ2) is 10.1. The molecule has 1 amide bonds. The highest BCUT2D eigenvalue weighted by Gasteiger charge is 2.42. The van der Waals surface area contributed by atoms with Crippen molar-refractivity contribution in [2.24, 2.45) is 0 Å². The number of aryl methyl sites for hydroxylation is 1. The fourth-order valence-corrected chi connectivity index (χ4v) is 5.67. The zero-order chi connectivity index (χ0) is 26.1. The Morgan fingerprint density at radius 1 is 0.658 bits per heavy atom. The number of nitrogens with zero attached hydrogens (tertiary/aromatic N) is 1. The first kappa shape index (κ1) is 23.9. The summed E-state index contributed by atoms with van der Waals surface area (Å²) in [5.41, 5.74) is 5.67. The number of hydrogen-bond donors (Lipinski definition) is 0. The molecule has 2 unspecified atom stereocenters. The van der Waals surface area contributed by atoms with E-state index in [0.717, 1.165) is 39.4 Å². The number of carbonyl (C=O) groups is 2. The normalized spacial score (nSPS) is 19.3. The maximum absolute atomic E-state index is 13.8. The molecule has 0 bridgehead atoms. The van der Waals surface area contributed by atoms with E-state index in [1.54, 1.807) is 4.90 Å². The molecule has 6 rings (SSSR count). The fraction of sp³-hybridized carbons (Fsp3) is 0.176. The molecule has 4 aromatic rings. The SMILES string of the molecule is Cc1ccc(C2CC(=O)N(c3ccc(Oc4ccccc4)cc3)C3=C2C(=O)CC(c2ccccc2)C3)cc1. The number of benzene rings is 4. The van der Waals surface area contributed by atoms with Crippen molar-refractivity contribution >= 4 is 17.4 Å². The quantitative estimate of drug-likeness (QED) is 0.283. The van der Waals surface area contributed by atoms with E-state index in [4.69, 9.17) is 4.74 Å². The van der Waals surface area contributed by atoms with Gasteiger partial charge in [0.15, 0.2) is 5.78 Å². The molecule has 4 heteroatoms. The largest absolute Gasteiger partial charge is 0.457 e. The van der Waals surface area contributed by atoms with Gasteiger partial charge >= 0.3 is 0 Å². The van der Waals surface area contributed by atoms with Crippen molar-refractivity contribution in [3.8, 4) is 11.5 Å². The first-order valence-electron chi connectivity index (χ1n) is 13.1. The van der Waals surface area contributed by atoms with E-state index >= 15 is 0 Å². The van der Waals surface area contributed by atoms with Gasteiger partial charge in [0.2, 0.25) is 5.91 Å². The lowest BCUT2D eigenvalue weighted by atomic mass is 9.72. The molecule has 4 nitrogen and oxygen atoms in total. The molecule has 38 heavy (non-hydrogen) atoms. The van der Waals surface area contributed by atoms with E-state index in [2.05, 4.69) is 36.4 Å². The number of allylic oxidation sites excluding steroid dienone is 2. The van der Waals surface area contributed by atoms with E-state index in [-0.39, 0.29) is 29.9 Å². The average molecular weight is 500 g/mol. The molecule has 0 N–H and O–H groups in total. The van der Waals surface area contributed by atoms with E-state index in [1.165, 1.54) is 0 Å². The fourth-order valence-electron chi connectivity index (χ4n) is 5.67. The molecule has 0 aromatic heterocycles. The number of Topliss-reactive ketones (excluding diaryl/α,β-unsaturated/α-hetero) is 1. The van der Waals surface area contributed by atoms with Crippen molar-refractivity contribution in [3.63, 3.8) is 0 Å². The molecule has 188 valence electrons. The predicted octanol–water partition coefficient (Wildman–Crippen LogP) is 7.71. The van der Waals surface area contributed by atoms with Crippen molar-refractivity contribution in [2.75, 3.05) is 4.90 Å². The summed E-state index contributed by atoms with van der Waals surface area (Å²) in [4.78, 5) is 29.3. The van der Waals surface area contributed by atoms with Gasteiger partial charge in [-0.1, -0.05) is 78.4 Å². The van der Waals surface area contributed by atoms with Crippen LogP contribution in [-0.2, 0) is 9.59 Å². The number of carbonyl (C=O) groups excluding carboxylic acids is 2. The lowest BCUT2D eigenvalue weighted by Crippen LogP contribution is -2.41. The van der Waals surface area contributed by atoms with Crippen LogP contribution in [0, 0.1) is 6.92 Å². The summed E-state index contributed by atoms with van der Waals surface area (Å²) in [7, 11) is 0. The van der Waals surface area contributed by atoms with Crippen LogP contribution in [0.25, 0.3) is 0 Å². The van der Waals surface area contributed by atoms with E-state index in [1.807, 2.05) is 79.7 Å². The highest BCUT2D eigenvalue weighted by molar-refractivity contribution is 6.08. The number of anilines is 1. The Bertz CT molecular complexity index is 1490. The van der Waals surface area contributed by atoms with Gasteiger partial charge in [0.25, 0.3) is 0 Å². The third-order valence-corrected chi connectivity index (χ3v) is 7.55. The zero-order valence-corrected chi connectivity index (χ0v) is 21.3. The second-order valence-corrected chi connectivity index (χ2v) is 10.1. The van der Waals surface area contributed by atoms with Crippen molar-refractivity contribution in [2.45, 2.75) is 38.0 Å². The van der Waals surface area contributed by atoms with Gasteiger partial charge in [0.1, 0.15) is 11.5 Å². The molecule has 0 fully saturated rings. The van der Waals surface area contributed by atoms with Gasteiger partial charge in [-0.05, 0) is 66.8 Å². The maximum Gasteiger partial charge on any atom is 0.232 e. The zero-order valence-electron chi connectivity index (χ0n) is 21.3.